The average Bonchev–Trinajstić information content (AvgIpc) is 2.36. The summed E-state index contributed by atoms with van der Waals surface area (Å²) in [5.74, 6) is 0.779. The van der Waals surface area contributed by atoms with Gasteiger partial charge in [-0.25, -0.2) is 0 Å². The van der Waals surface area contributed by atoms with Crippen LogP contribution >= 0.6 is 11.6 Å². The first-order valence-electron chi connectivity index (χ1n) is 6.49. The highest BCUT2D eigenvalue weighted by Gasteiger charge is 2.44. The fourth-order valence-electron chi connectivity index (χ4n) is 2.91. The minimum absolute atomic E-state index is 0.0648. The number of hydrogen-bond acceptors (Lipinski definition) is 2. The van der Waals surface area contributed by atoms with Crippen LogP contribution in [0.5, 0.6) is 0 Å². The lowest BCUT2D eigenvalue weighted by Crippen LogP contribution is -2.54. The third-order valence-corrected chi connectivity index (χ3v) is 4.50. The average molecular weight is 265 g/mol. The quantitative estimate of drug-likeness (QED) is 0.751. The van der Waals surface area contributed by atoms with Crippen LogP contribution in [0.4, 0.5) is 11.4 Å². The third-order valence-electron chi connectivity index (χ3n) is 4.19. The molecule has 1 fully saturated rings. The van der Waals surface area contributed by atoms with E-state index in [0.717, 1.165) is 31.4 Å². The molecular weight excluding hydrogens is 248 g/mol. The van der Waals surface area contributed by atoms with Gasteiger partial charge in [0.25, 0.3) is 0 Å². The Labute approximate surface area is 112 Å². The molecule has 1 aliphatic carbocycles. The molecule has 18 heavy (non-hydrogen) atoms. The normalized spacial score (nSPS) is 30.6. The predicted octanol–water partition coefficient (Wildman–Crippen LogP) is 3.65. The number of carbonyl (C=O) groups is 1. The second-order valence-electron chi connectivity index (χ2n) is 5.51. The van der Waals surface area contributed by atoms with Crippen LogP contribution in [-0.2, 0) is 4.79 Å². The molecule has 2 aliphatic rings. The highest BCUT2D eigenvalue weighted by molar-refractivity contribution is 6.35. The summed E-state index contributed by atoms with van der Waals surface area (Å²) in [5, 5.41) is 6.99. The van der Waals surface area contributed by atoms with Gasteiger partial charge >= 0.3 is 0 Å². The van der Waals surface area contributed by atoms with Crippen LogP contribution in [0.3, 0.4) is 0 Å². The molecule has 3 rings (SSSR count). The summed E-state index contributed by atoms with van der Waals surface area (Å²) >= 11 is 6.10. The molecule has 0 radical (unpaired) electrons. The molecule has 2 N–H and O–H groups in total. The summed E-state index contributed by atoms with van der Waals surface area (Å²) in [4.78, 5) is 12.4. The SMILES string of the molecule is CC1CCC2(CC1)Nc1cccc(Cl)c1NC2=O. The molecule has 0 unspecified atom stereocenters. The van der Waals surface area contributed by atoms with E-state index in [1.54, 1.807) is 6.07 Å². The lowest BCUT2D eigenvalue weighted by molar-refractivity contribution is -0.121. The number of benzene rings is 1. The van der Waals surface area contributed by atoms with Gasteiger partial charge in [0.2, 0.25) is 5.91 Å². The monoisotopic (exact) mass is 264 g/mol. The van der Waals surface area contributed by atoms with Gasteiger partial charge in [-0.2, -0.15) is 0 Å². The summed E-state index contributed by atoms with van der Waals surface area (Å²) in [5.41, 5.74) is 1.23. The van der Waals surface area contributed by atoms with Crippen LogP contribution in [0.15, 0.2) is 18.2 Å². The van der Waals surface area contributed by atoms with Crippen LogP contribution in [0, 0.1) is 5.92 Å². The van der Waals surface area contributed by atoms with Crippen LogP contribution in [0.25, 0.3) is 0 Å². The Balaban J connectivity index is 1.95. The van der Waals surface area contributed by atoms with Crippen LogP contribution < -0.4 is 10.6 Å². The van der Waals surface area contributed by atoms with Crippen molar-refractivity contribution in [2.45, 2.75) is 38.1 Å². The van der Waals surface area contributed by atoms with E-state index in [9.17, 15) is 4.79 Å². The number of rotatable bonds is 0. The Bertz CT molecular complexity index is 493. The van der Waals surface area contributed by atoms with E-state index in [-0.39, 0.29) is 5.91 Å². The van der Waals surface area contributed by atoms with E-state index < -0.39 is 5.54 Å². The van der Waals surface area contributed by atoms with E-state index in [2.05, 4.69) is 17.6 Å². The third kappa shape index (κ3) is 1.77. The molecule has 4 heteroatoms. The molecule has 1 aliphatic heterocycles. The molecule has 1 spiro atoms. The Morgan fingerprint density at radius 3 is 2.78 bits per heavy atom. The van der Waals surface area contributed by atoms with Gasteiger partial charge in [-0.15, -0.1) is 0 Å². The molecule has 1 aromatic carbocycles. The van der Waals surface area contributed by atoms with Gasteiger partial charge in [-0.05, 0) is 43.7 Å². The maximum atomic E-state index is 12.4. The number of anilines is 2. The molecule has 1 saturated carbocycles. The van der Waals surface area contributed by atoms with E-state index in [1.165, 1.54) is 0 Å². The number of fused-ring (bicyclic) bond motifs is 1. The topological polar surface area (TPSA) is 41.1 Å². The van der Waals surface area contributed by atoms with Crippen molar-refractivity contribution in [3.63, 3.8) is 0 Å². The van der Waals surface area contributed by atoms with Crippen molar-refractivity contribution in [2.75, 3.05) is 10.6 Å². The van der Waals surface area contributed by atoms with Crippen molar-refractivity contribution >= 4 is 28.9 Å². The summed E-state index contributed by atoms with van der Waals surface area (Å²) in [6.07, 6.45) is 3.98. The molecule has 1 aromatic rings. The van der Waals surface area contributed by atoms with Gasteiger partial charge in [0, 0.05) is 0 Å². The molecule has 1 heterocycles. The number of amides is 1. The maximum Gasteiger partial charge on any atom is 0.250 e. The molecule has 1 amide bonds. The minimum Gasteiger partial charge on any atom is -0.369 e. The van der Waals surface area contributed by atoms with E-state index in [4.69, 9.17) is 11.6 Å². The standard InChI is InChI=1S/C14H17ClN2O/c1-9-5-7-14(8-6-9)13(18)16-12-10(15)3-2-4-11(12)17-14/h2-4,9,17H,5-8H2,1H3,(H,16,18). The molecule has 96 valence electrons. The molecular formula is C14H17ClN2O. The lowest BCUT2D eigenvalue weighted by Gasteiger charge is -2.42. The second kappa shape index (κ2) is 4.16. The largest absolute Gasteiger partial charge is 0.369 e. The Morgan fingerprint density at radius 2 is 2.06 bits per heavy atom. The number of halogens is 1. The predicted molar refractivity (Wildman–Crippen MR) is 74.1 cm³/mol. The zero-order valence-electron chi connectivity index (χ0n) is 10.4. The van der Waals surface area contributed by atoms with Crippen molar-refractivity contribution in [1.82, 2.24) is 0 Å². The summed E-state index contributed by atoms with van der Waals surface area (Å²) < 4.78 is 0. The van der Waals surface area contributed by atoms with Crippen LogP contribution in [0.2, 0.25) is 5.02 Å². The van der Waals surface area contributed by atoms with Crippen molar-refractivity contribution in [1.29, 1.82) is 0 Å². The summed E-state index contributed by atoms with van der Waals surface area (Å²) in [6, 6.07) is 5.68. The lowest BCUT2D eigenvalue weighted by atomic mass is 9.75. The first-order valence-corrected chi connectivity index (χ1v) is 6.87. The molecule has 0 atom stereocenters. The van der Waals surface area contributed by atoms with Gasteiger partial charge in [-0.3, -0.25) is 4.79 Å². The maximum absolute atomic E-state index is 12.4. The van der Waals surface area contributed by atoms with Gasteiger partial charge in [0.05, 0.1) is 16.4 Å². The number of carbonyl (C=O) groups excluding carboxylic acids is 1. The van der Waals surface area contributed by atoms with Crippen molar-refractivity contribution in [3.05, 3.63) is 23.2 Å². The van der Waals surface area contributed by atoms with Crippen molar-refractivity contribution < 1.29 is 4.79 Å². The molecule has 3 nitrogen and oxygen atoms in total. The van der Waals surface area contributed by atoms with Crippen LogP contribution in [-0.4, -0.2) is 11.4 Å². The highest BCUT2D eigenvalue weighted by atomic mass is 35.5. The minimum atomic E-state index is -0.426. The summed E-state index contributed by atoms with van der Waals surface area (Å²) in [7, 11) is 0. The molecule has 0 bridgehead atoms. The van der Waals surface area contributed by atoms with Gasteiger partial charge in [0.1, 0.15) is 5.54 Å². The highest BCUT2D eigenvalue weighted by Crippen LogP contribution is 2.42. The molecule has 0 aromatic heterocycles. The first-order chi connectivity index (χ1) is 8.61. The van der Waals surface area contributed by atoms with Gasteiger partial charge in [0.15, 0.2) is 0 Å². The zero-order valence-corrected chi connectivity index (χ0v) is 11.2. The molecule has 0 saturated heterocycles. The van der Waals surface area contributed by atoms with Crippen molar-refractivity contribution in [3.8, 4) is 0 Å². The number of hydrogen-bond donors (Lipinski definition) is 2. The Kier molecular flexibility index (Phi) is 2.74. The number of nitrogens with one attached hydrogen (secondary N) is 2. The van der Waals surface area contributed by atoms with E-state index in [1.807, 2.05) is 12.1 Å². The Morgan fingerprint density at radius 1 is 1.33 bits per heavy atom. The van der Waals surface area contributed by atoms with E-state index >= 15 is 0 Å². The first kappa shape index (κ1) is 11.8. The van der Waals surface area contributed by atoms with Crippen LogP contribution in [0.1, 0.15) is 32.6 Å². The van der Waals surface area contributed by atoms with Gasteiger partial charge < -0.3 is 10.6 Å². The van der Waals surface area contributed by atoms with Gasteiger partial charge in [-0.1, -0.05) is 24.6 Å². The number of para-hydroxylation sites is 1. The fraction of sp³-hybridized carbons (Fsp3) is 0.500. The smallest absolute Gasteiger partial charge is 0.250 e. The van der Waals surface area contributed by atoms with Crippen molar-refractivity contribution in [2.24, 2.45) is 5.92 Å². The van der Waals surface area contributed by atoms with E-state index in [0.29, 0.717) is 16.6 Å². The zero-order chi connectivity index (χ0) is 12.8. The second-order valence-corrected chi connectivity index (χ2v) is 5.91. The summed E-state index contributed by atoms with van der Waals surface area (Å²) in [6.45, 7) is 2.25. The Hall–Kier alpha value is -1.22. The fourth-order valence-corrected chi connectivity index (χ4v) is 3.13.